The summed E-state index contributed by atoms with van der Waals surface area (Å²) in [4.78, 5) is 2.51. The fourth-order valence-electron chi connectivity index (χ4n) is 2.88. The second kappa shape index (κ2) is 7.62. The highest BCUT2D eigenvalue weighted by molar-refractivity contribution is 5.29. The molecule has 1 saturated heterocycles. The van der Waals surface area contributed by atoms with Crippen molar-refractivity contribution in [2.24, 2.45) is 0 Å². The van der Waals surface area contributed by atoms with Gasteiger partial charge in [-0.15, -0.1) is 0 Å². The van der Waals surface area contributed by atoms with Gasteiger partial charge in [0.25, 0.3) is 0 Å². The zero-order valence-electron chi connectivity index (χ0n) is 12.8. The summed E-state index contributed by atoms with van der Waals surface area (Å²) in [5.41, 5.74) is 1.30. The van der Waals surface area contributed by atoms with E-state index in [1.165, 1.54) is 5.56 Å². The van der Waals surface area contributed by atoms with Gasteiger partial charge in [-0.05, 0) is 38.1 Å². The van der Waals surface area contributed by atoms with Gasteiger partial charge in [-0.25, -0.2) is 0 Å². The summed E-state index contributed by atoms with van der Waals surface area (Å²) >= 11 is 0. The smallest absolute Gasteiger partial charge is 0.118 e. The summed E-state index contributed by atoms with van der Waals surface area (Å²) in [7, 11) is 3.73. The molecule has 0 bridgehead atoms. The second-order valence-electron chi connectivity index (χ2n) is 5.28. The SMILES string of the molecule is CNC(c1ccc(OC)cc1)C(C)N1CCCOCC1. The van der Waals surface area contributed by atoms with Crippen LogP contribution < -0.4 is 10.1 Å². The van der Waals surface area contributed by atoms with Crippen molar-refractivity contribution in [3.05, 3.63) is 29.8 Å². The van der Waals surface area contributed by atoms with Crippen LogP contribution in [0.25, 0.3) is 0 Å². The lowest BCUT2D eigenvalue weighted by atomic mass is 9.99. The summed E-state index contributed by atoms with van der Waals surface area (Å²) in [5.74, 6) is 0.902. The molecule has 2 unspecified atom stereocenters. The third-order valence-corrected chi connectivity index (χ3v) is 4.10. The Morgan fingerprint density at radius 3 is 2.60 bits per heavy atom. The van der Waals surface area contributed by atoms with E-state index < -0.39 is 0 Å². The first-order chi connectivity index (χ1) is 9.76. The minimum absolute atomic E-state index is 0.319. The summed E-state index contributed by atoms with van der Waals surface area (Å²) in [5, 5.41) is 3.45. The number of nitrogens with one attached hydrogen (secondary N) is 1. The average molecular weight is 278 g/mol. The van der Waals surface area contributed by atoms with Crippen molar-refractivity contribution in [2.75, 3.05) is 40.5 Å². The molecule has 0 spiro atoms. The summed E-state index contributed by atoms with van der Waals surface area (Å²) < 4.78 is 10.8. The second-order valence-corrected chi connectivity index (χ2v) is 5.28. The molecule has 1 aromatic carbocycles. The van der Waals surface area contributed by atoms with Gasteiger partial charge in [-0.2, -0.15) is 0 Å². The molecule has 2 atom stereocenters. The Labute approximate surface area is 122 Å². The first kappa shape index (κ1) is 15.3. The van der Waals surface area contributed by atoms with E-state index in [0.717, 1.165) is 38.5 Å². The maximum absolute atomic E-state index is 5.55. The number of rotatable bonds is 5. The number of likely N-dealkylation sites (N-methyl/N-ethyl adjacent to an activating group) is 1. The highest BCUT2D eigenvalue weighted by Crippen LogP contribution is 2.23. The van der Waals surface area contributed by atoms with Crippen molar-refractivity contribution in [1.82, 2.24) is 10.2 Å². The normalized spacial score (nSPS) is 20.1. The maximum Gasteiger partial charge on any atom is 0.118 e. The third-order valence-electron chi connectivity index (χ3n) is 4.10. The van der Waals surface area contributed by atoms with Gasteiger partial charge < -0.3 is 14.8 Å². The van der Waals surface area contributed by atoms with Gasteiger partial charge in [0, 0.05) is 31.8 Å². The van der Waals surface area contributed by atoms with Crippen LogP contribution in [0, 0.1) is 0 Å². The van der Waals surface area contributed by atoms with Crippen molar-refractivity contribution in [3.63, 3.8) is 0 Å². The molecule has 1 aliphatic rings. The van der Waals surface area contributed by atoms with E-state index in [9.17, 15) is 0 Å². The molecule has 2 rings (SSSR count). The first-order valence-corrected chi connectivity index (χ1v) is 7.39. The lowest BCUT2D eigenvalue weighted by molar-refractivity contribution is 0.126. The monoisotopic (exact) mass is 278 g/mol. The number of nitrogens with zero attached hydrogens (tertiary/aromatic N) is 1. The largest absolute Gasteiger partial charge is 0.497 e. The average Bonchev–Trinajstić information content (AvgIpc) is 2.77. The van der Waals surface area contributed by atoms with Crippen molar-refractivity contribution >= 4 is 0 Å². The van der Waals surface area contributed by atoms with Gasteiger partial charge in [0.05, 0.1) is 13.7 Å². The number of hydrogen-bond acceptors (Lipinski definition) is 4. The molecule has 112 valence electrons. The molecule has 0 radical (unpaired) electrons. The molecule has 20 heavy (non-hydrogen) atoms. The third kappa shape index (κ3) is 3.72. The van der Waals surface area contributed by atoms with E-state index >= 15 is 0 Å². The van der Waals surface area contributed by atoms with Crippen molar-refractivity contribution in [2.45, 2.75) is 25.4 Å². The topological polar surface area (TPSA) is 33.7 Å². The van der Waals surface area contributed by atoms with Gasteiger partial charge in [0.15, 0.2) is 0 Å². The Bertz CT molecular complexity index is 386. The van der Waals surface area contributed by atoms with Gasteiger partial charge in [-0.3, -0.25) is 4.90 Å². The molecule has 1 heterocycles. The molecule has 1 aromatic rings. The van der Waals surface area contributed by atoms with Crippen LogP contribution in [0.15, 0.2) is 24.3 Å². The zero-order chi connectivity index (χ0) is 14.4. The van der Waals surface area contributed by atoms with Crippen molar-refractivity contribution in [3.8, 4) is 5.75 Å². The molecule has 0 amide bonds. The Hall–Kier alpha value is -1.10. The number of ether oxygens (including phenoxy) is 2. The van der Waals surface area contributed by atoms with Crippen LogP contribution in [0.4, 0.5) is 0 Å². The molecule has 0 aliphatic carbocycles. The van der Waals surface area contributed by atoms with Crippen LogP contribution in [-0.4, -0.2) is 51.4 Å². The van der Waals surface area contributed by atoms with Crippen molar-refractivity contribution < 1.29 is 9.47 Å². The number of methoxy groups -OCH3 is 1. The highest BCUT2D eigenvalue weighted by atomic mass is 16.5. The lowest BCUT2D eigenvalue weighted by Gasteiger charge is -2.34. The van der Waals surface area contributed by atoms with E-state index in [0.29, 0.717) is 12.1 Å². The Morgan fingerprint density at radius 2 is 1.95 bits per heavy atom. The van der Waals surface area contributed by atoms with Gasteiger partial charge in [0.1, 0.15) is 5.75 Å². The highest BCUT2D eigenvalue weighted by Gasteiger charge is 2.24. The van der Waals surface area contributed by atoms with Crippen LogP contribution in [0.2, 0.25) is 0 Å². The molecule has 4 nitrogen and oxygen atoms in total. The Balaban J connectivity index is 2.08. The van der Waals surface area contributed by atoms with E-state index in [1.54, 1.807) is 7.11 Å². The lowest BCUT2D eigenvalue weighted by Crippen LogP contribution is -2.43. The van der Waals surface area contributed by atoms with Crippen LogP contribution in [-0.2, 0) is 4.74 Å². The molecular weight excluding hydrogens is 252 g/mol. The molecule has 1 N–H and O–H groups in total. The number of benzene rings is 1. The quantitative estimate of drug-likeness (QED) is 0.894. The summed E-state index contributed by atoms with van der Waals surface area (Å²) in [6.45, 7) is 6.13. The molecule has 0 aromatic heterocycles. The molecular formula is C16H26N2O2. The fraction of sp³-hybridized carbons (Fsp3) is 0.625. The van der Waals surface area contributed by atoms with Crippen LogP contribution >= 0.6 is 0 Å². The fourth-order valence-corrected chi connectivity index (χ4v) is 2.88. The zero-order valence-corrected chi connectivity index (χ0v) is 12.8. The minimum Gasteiger partial charge on any atom is -0.497 e. The van der Waals surface area contributed by atoms with E-state index in [4.69, 9.17) is 9.47 Å². The van der Waals surface area contributed by atoms with Gasteiger partial charge >= 0.3 is 0 Å². The molecule has 1 aliphatic heterocycles. The predicted octanol–water partition coefficient (Wildman–Crippen LogP) is 2.07. The van der Waals surface area contributed by atoms with Crippen molar-refractivity contribution in [1.29, 1.82) is 0 Å². The number of hydrogen-bond donors (Lipinski definition) is 1. The van der Waals surface area contributed by atoms with Gasteiger partial charge in [-0.1, -0.05) is 12.1 Å². The van der Waals surface area contributed by atoms with Crippen LogP contribution in [0.1, 0.15) is 24.9 Å². The first-order valence-electron chi connectivity index (χ1n) is 7.39. The summed E-state index contributed by atoms with van der Waals surface area (Å²) in [6, 6.07) is 9.10. The summed E-state index contributed by atoms with van der Waals surface area (Å²) in [6.07, 6.45) is 1.11. The van der Waals surface area contributed by atoms with Crippen LogP contribution in [0.5, 0.6) is 5.75 Å². The van der Waals surface area contributed by atoms with Gasteiger partial charge in [0.2, 0.25) is 0 Å². The van der Waals surface area contributed by atoms with E-state index in [1.807, 2.05) is 19.2 Å². The molecule has 0 saturated carbocycles. The Morgan fingerprint density at radius 1 is 1.20 bits per heavy atom. The maximum atomic E-state index is 5.55. The standard InChI is InChI=1S/C16H26N2O2/c1-13(18-9-4-11-20-12-10-18)16(17-2)14-5-7-15(19-3)8-6-14/h5-8,13,16-17H,4,9-12H2,1-3H3. The molecule has 1 fully saturated rings. The van der Waals surface area contributed by atoms with E-state index in [-0.39, 0.29) is 0 Å². The molecule has 4 heteroatoms. The minimum atomic E-state index is 0.319. The van der Waals surface area contributed by atoms with E-state index in [2.05, 4.69) is 29.3 Å². The predicted molar refractivity (Wildman–Crippen MR) is 81.3 cm³/mol. The Kier molecular flexibility index (Phi) is 5.83. The van der Waals surface area contributed by atoms with Crippen LogP contribution in [0.3, 0.4) is 0 Å².